The van der Waals surface area contributed by atoms with Crippen LogP contribution in [0.5, 0.6) is 0 Å². The van der Waals surface area contributed by atoms with Crippen molar-refractivity contribution in [3.8, 4) is 0 Å². The lowest BCUT2D eigenvalue weighted by molar-refractivity contribution is 0.0939. The number of rotatable bonds is 8. The minimum atomic E-state index is -0.0607. The molecule has 20 heavy (non-hydrogen) atoms. The maximum absolute atomic E-state index is 12.1. The molecule has 1 aromatic heterocycles. The fraction of sp³-hybridized carbons (Fsp3) is 0.625. The second kappa shape index (κ2) is 6.73. The summed E-state index contributed by atoms with van der Waals surface area (Å²) in [7, 11) is 0. The first-order valence-electron chi connectivity index (χ1n) is 7.67. The molecular formula is C16H25N3O. The number of nitrogens with one attached hydrogen (secondary N) is 2. The Morgan fingerprint density at radius 3 is 2.65 bits per heavy atom. The summed E-state index contributed by atoms with van der Waals surface area (Å²) in [5, 5.41) is 6.28. The SMILES string of the molecule is CCCNc1ccc(C(=O)NCC2(CCC)CC2)nc1. The van der Waals surface area contributed by atoms with Gasteiger partial charge < -0.3 is 10.6 Å². The molecule has 1 saturated carbocycles. The maximum atomic E-state index is 12.1. The first kappa shape index (κ1) is 14.8. The van der Waals surface area contributed by atoms with Crippen LogP contribution in [0.3, 0.4) is 0 Å². The molecule has 0 saturated heterocycles. The fourth-order valence-corrected chi connectivity index (χ4v) is 2.48. The van der Waals surface area contributed by atoms with Crippen LogP contribution in [0.15, 0.2) is 18.3 Å². The van der Waals surface area contributed by atoms with Gasteiger partial charge in [0.15, 0.2) is 0 Å². The third-order valence-corrected chi connectivity index (χ3v) is 3.94. The Labute approximate surface area is 121 Å². The number of hydrogen-bond acceptors (Lipinski definition) is 3. The van der Waals surface area contributed by atoms with Crippen LogP contribution in [0.25, 0.3) is 0 Å². The van der Waals surface area contributed by atoms with E-state index in [4.69, 9.17) is 0 Å². The number of anilines is 1. The molecule has 110 valence electrons. The third kappa shape index (κ3) is 3.95. The number of pyridine rings is 1. The lowest BCUT2D eigenvalue weighted by atomic mass is 10.0. The summed E-state index contributed by atoms with van der Waals surface area (Å²) in [5.41, 5.74) is 1.85. The number of nitrogens with zero attached hydrogens (tertiary/aromatic N) is 1. The van der Waals surface area contributed by atoms with Crippen molar-refractivity contribution in [2.24, 2.45) is 5.41 Å². The molecule has 0 aromatic carbocycles. The summed E-state index contributed by atoms with van der Waals surface area (Å²) in [6.07, 6.45) is 7.68. The molecule has 0 aliphatic heterocycles. The molecule has 0 atom stereocenters. The van der Waals surface area contributed by atoms with Gasteiger partial charge in [-0.25, -0.2) is 4.98 Å². The normalized spacial score (nSPS) is 15.7. The minimum Gasteiger partial charge on any atom is -0.384 e. The number of carbonyl (C=O) groups excluding carboxylic acids is 1. The van der Waals surface area contributed by atoms with E-state index in [1.807, 2.05) is 6.07 Å². The Morgan fingerprint density at radius 1 is 1.30 bits per heavy atom. The zero-order valence-corrected chi connectivity index (χ0v) is 12.5. The number of aromatic nitrogens is 1. The molecule has 2 rings (SSSR count). The van der Waals surface area contributed by atoms with Gasteiger partial charge in [-0.1, -0.05) is 20.3 Å². The van der Waals surface area contributed by atoms with Crippen LogP contribution in [-0.2, 0) is 0 Å². The van der Waals surface area contributed by atoms with Gasteiger partial charge >= 0.3 is 0 Å². The number of hydrogen-bond donors (Lipinski definition) is 2. The Morgan fingerprint density at radius 2 is 2.10 bits per heavy atom. The Hall–Kier alpha value is -1.58. The van der Waals surface area contributed by atoms with Crippen molar-refractivity contribution in [2.75, 3.05) is 18.4 Å². The van der Waals surface area contributed by atoms with Gasteiger partial charge in [0.2, 0.25) is 0 Å². The van der Waals surface area contributed by atoms with Crippen LogP contribution < -0.4 is 10.6 Å². The standard InChI is InChI=1S/C16H25N3O/c1-3-7-16(8-9-16)12-19-15(20)14-6-5-13(11-18-14)17-10-4-2/h5-6,11,17H,3-4,7-10,12H2,1-2H3,(H,19,20). The van der Waals surface area contributed by atoms with Crippen LogP contribution in [0.2, 0.25) is 0 Å². The van der Waals surface area contributed by atoms with Gasteiger partial charge in [-0.2, -0.15) is 0 Å². The minimum absolute atomic E-state index is 0.0607. The van der Waals surface area contributed by atoms with Crippen molar-refractivity contribution in [1.29, 1.82) is 0 Å². The monoisotopic (exact) mass is 275 g/mol. The van der Waals surface area contributed by atoms with Crippen molar-refractivity contribution in [2.45, 2.75) is 46.0 Å². The molecule has 1 heterocycles. The molecular weight excluding hydrogens is 250 g/mol. The zero-order valence-electron chi connectivity index (χ0n) is 12.5. The number of carbonyl (C=O) groups is 1. The van der Waals surface area contributed by atoms with Gasteiger partial charge in [0, 0.05) is 13.1 Å². The van der Waals surface area contributed by atoms with Crippen molar-refractivity contribution in [1.82, 2.24) is 10.3 Å². The molecule has 0 bridgehead atoms. The van der Waals surface area contributed by atoms with E-state index >= 15 is 0 Å². The molecule has 2 N–H and O–H groups in total. The van der Waals surface area contributed by atoms with Crippen molar-refractivity contribution in [3.63, 3.8) is 0 Å². The fourth-order valence-electron chi connectivity index (χ4n) is 2.48. The molecule has 1 aromatic rings. The summed E-state index contributed by atoms with van der Waals surface area (Å²) < 4.78 is 0. The van der Waals surface area contributed by atoms with E-state index in [9.17, 15) is 4.79 Å². The molecule has 0 spiro atoms. The topological polar surface area (TPSA) is 54.0 Å². The summed E-state index contributed by atoms with van der Waals surface area (Å²) >= 11 is 0. The smallest absolute Gasteiger partial charge is 0.269 e. The van der Waals surface area contributed by atoms with Crippen molar-refractivity contribution >= 4 is 11.6 Å². The second-order valence-electron chi connectivity index (χ2n) is 5.79. The Bertz CT molecular complexity index is 438. The van der Waals surface area contributed by atoms with Gasteiger partial charge in [-0.3, -0.25) is 4.79 Å². The summed E-state index contributed by atoms with van der Waals surface area (Å²) in [6, 6.07) is 3.70. The molecule has 0 radical (unpaired) electrons. The highest BCUT2D eigenvalue weighted by Crippen LogP contribution is 2.48. The first-order valence-corrected chi connectivity index (χ1v) is 7.67. The quantitative estimate of drug-likeness (QED) is 0.766. The third-order valence-electron chi connectivity index (χ3n) is 3.94. The van der Waals surface area contributed by atoms with E-state index < -0.39 is 0 Å². The Balaban J connectivity index is 1.83. The van der Waals surface area contributed by atoms with Gasteiger partial charge in [-0.05, 0) is 43.2 Å². The van der Waals surface area contributed by atoms with E-state index in [-0.39, 0.29) is 5.91 Å². The van der Waals surface area contributed by atoms with Gasteiger partial charge in [0.25, 0.3) is 5.91 Å². The van der Waals surface area contributed by atoms with Gasteiger partial charge in [0.1, 0.15) is 5.69 Å². The molecule has 4 heteroatoms. The summed E-state index contributed by atoms with van der Waals surface area (Å²) in [5.74, 6) is -0.0607. The van der Waals surface area contributed by atoms with E-state index in [1.165, 1.54) is 25.7 Å². The van der Waals surface area contributed by atoms with Gasteiger partial charge in [0.05, 0.1) is 11.9 Å². The van der Waals surface area contributed by atoms with Crippen LogP contribution in [0.1, 0.15) is 56.4 Å². The first-order chi connectivity index (χ1) is 9.69. The molecule has 1 amide bonds. The zero-order chi connectivity index (χ0) is 14.4. The summed E-state index contributed by atoms with van der Waals surface area (Å²) in [4.78, 5) is 16.3. The predicted molar refractivity (Wildman–Crippen MR) is 81.9 cm³/mol. The van der Waals surface area contributed by atoms with Crippen molar-refractivity contribution in [3.05, 3.63) is 24.0 Å². The second-order valence-corrected chi connectivity index (χ2v) is 5.79. The van der Waals surface area contributed by atoms with Crippen LogP contribution in [-0.4, -0.2) is 24.0 Å². The lowest BCUT2D eigenvalue weighted by Gasteiger charge is -2.14. The summed E-state index contributed by atoms with van der Waals surface area (Å²) in [6.45, 7) is 6.03. The number of amides is 1. The van der Waals surface area contributed by atoms with E-state index in [0.29, 0.717) is 11.1 Å². The lowest BCUT2D eigenvalue weighted by Crippen LogP contribution is -2.30. The largest absolute Gasteiger partial charge is 0.384 e. The average Bonchev–Trinajstić information content (AvgIpc) is 3.24. The van der Waals surface area contributed by atoms with Crippen LogP contribution in [0, 0.1) is 5.41 Å². The molecule has 0 unspecified atom stereocenters. The highest BCUT2D eigenvalue weighted by molar-refractivity contribution is 5.92. The van der Waals surface area contributed by atoms with E-state index in [1.54, 1.807) is 12.3 Å². The highest BCUT2D eigenvalue weighted by Gasteiger charge is 2.41. The average molecular weight is 275 g/mol. The Kier molecular flexibility index (Phi) is 4.99. The molecule has 1 aliphatic rings. The van der Waals surface area contributed by atoms with Gasteiger partial charge in [-0.15, -0.1) is 0 Å². The van der Waals surface area contributed by atoms with E-state index in [2.05, 4.69) is 29.5 Å². The van der Waals surface area contributed by atoms with Crippen LogP contribution >= 0.6 is 0 Å². The molecule has 4 nitrogen and oxygen atoms in total. The molecule has 1 fully saturated rings. The predicted octanol–water partition coefficient (Wildman–Crippen LogP) is 3.21. The highest BCUT2D eigenvalue weighted by atomic mass is 16.1. The van der Waals surface area contributed by atoms with Crippen molar-refractivity contribution < 1.29 is 4.79 Å². The van der Waals surface area contributed by atoms with Crippen LogP contribution in [0.4, 0.5) is 5.69 Å². The maximum Gasteiger partial charge on any atom is 0.269 e. The molecule has 1 aliphatic carbocycles. The van der Waals surface area contributed by atoms with E-state index in [0.717, 1.165) is 25.2 Å².